The molecule has 0 radical (unpaired) electrons. The monoisotopic (exact) mass is 371 g/mol. The Labute approximate surface area is 154 Å². The van der Waals surface area contributed by atoms with E-state index in [0.29, 0.717) is 22.1 Å². The van der Waals surface area contributed by atoms with Crippen molar-refractivity contribution in [3.63, 3.8) is 0 Å². The number of benzene rings is 2. The fourth-order valence-corrected chi connectivity index (χ4v) is 2.56. The molecule has 5 nitrogen and oxygen atoms in total. The third-order valence-corrected chi connectivity index (χ3v) is 3.81. The number of nitrogens with zero attached hydrogens (tertiary/aromatic N) is 1. The first-order chi connectivity index (χ1) is 12.5. The van der Waals surface area contributed by atoms with Gasteiger partial charge in [-0.05, 0) is 48.5 Å². The highest BCUT2D eigenvalue weighted by atomic mass is 35.5. The highest BCUT2D eigenvalue weighted by Gasteiger charge is 2.10. The molecular weight excluding hydrogens is 357 g/mol. The number of rotatable bonds is 5. The summed E-state index contributed by atoms with van der Waals surface area (Å²) in [6.07, 6.45) is 1.51. The van der Waals surface area contributed by atoms with Gasteiger partial charge in [0, 0.05) is 23.3 Å². The quantitative estimate of drug-likeness (QED) is 0.671. The summed E-state index contributed by atoms with van der Waals surface area (Å²) in [6, 6.07) is 14.2. The highest BCUT2D eigenvalue weighted by Crippen LogP contribution is 2.28. The number of anilines is 3. The van der Waals surface area contributed by atoms with Gasteiger partial charge in [0.25, 0.3) is 5.91 Å². The molecule has 0 fully saturated rings. The number of ether oxygens (including phenoxy) is 1. The molecule has 1 heterocycles. The van der Waals surface area contributed by atoms with E-state index in [1.165, 1.54) is 24.4 Å². The number of pyridine rings is 1. The summed E-state index contributed by atoms with van der Waals surface area (Å²) in [5.41, 5.74) is 1.94. The van der Waals surface area contributed by atoms with E-state index in [1.54, 1.807) is 43.5 Å². The van der Waals surface area contributed by atoms with Gasteiger partial charge in [-0.1, -0.05) is 17.7 Å². The Kier molecular flexibility index (Phi) is 5.34. The van der Waals surface area contributed by atoms with E-state index in [4.69, 9.17) is 16.3 Å². The average molecular weight is 372 g/mol. The smallest absolute Gasteiger partial charge is 0.274 e. The molecule has 132 valence electrons. The first kappa shape index (κ1) is 17.7. The van der Waals surface area contributed by atoms with Crippen molar-refractivity contribution in [2.45, 2.75) is 0 Å². The summed E-state index contributed by atoms with van der Waals surface area (Å²) in [5, 5.41) is 6.22. The SMILES string of the molecule is COc1ccc(Nc2ccnc(C(=O)Nc3cccc(F)c3)c2)cc1Cl. The molecule has 0 unspecified atom stereocenters. The van der Waals surface area contributed by atoms with E-state index in [9.17, 15) is 9.18 Å². The molecule has 2 N–H and O–H groups in total. The number of aromatic nitrogens is 1. The highest BCUT2D eigenvalue weighted by molar-refractivity contribution is 6.32. The van der Waals surface area contributed by atoms with Crippen LogP contribution < -0.4 is 15.4 Å². The summed E-state index contributed by atoms with van der Waals surface area (Å²) in [7, 11) is 1.54. The van der Waals surface area contributed by atoms with Crippen molar-refractivity contribution < 1.29 is 13.9 Å². The topological polar surface area (TPSA) is 63.2 Å². The second-order valence-electron chi connectivity index (χ2n) is 5.37. The molecule has 2 aromatic carbocycles. The predicted octanol–water partition coefficient (Wildman–Crippen LogP) is 4.88. The minimum absolute atomic E-state index is 0.193. The van der Waals surface area contributed by atoms with Gasteiger partial charge >= 0.3 is 0 Å². The molecule has 0 atom stereocenters. The molecule has 0 bridgehead atoms. The van der Waals surface area contributed by atoms with Crippen LogP contribution in [0.5, 0.6) is 5.75 Å². The van der Waals surface area contributed by atoms with E-state index < -0.39 is 11.7 Å². The molecule has 3 rings (SSSR count). The molecule has 0 aliphatic carbocycles. The van der Waals surface area contributed by atoms with Crippen LogP contribution in [-0.4, -0.2) is 18.0 Å². The van der Waals surface area contributed by atoms with E-state index in [2.05, 4.69) is 15.6 Å². The Hall–Kier alpha value is -3.12. The number of hydrogen-bond acceptors (Lipinski definition) is 4. The Balaban J connectivity index is 1.75. The van der Waals surface area contributed by atoms with E-state index in [0.717, 1.165) is 5.69 Å². The summed E-state index contributed by atoms with van der Waals surface area (Å²) in [5.74, 6) is -0.295. The van der Waals surface area contributed by atoms with Crippen LogP contribution in [0.1, 0.15) is 10.5 Å². The molecule has 0 aliphatic rings. The molecule has 1 aromatic heterocycles. The number of hydrogen-bond donors (Lipinski definition) is 2. The van der Waals surface area contributed by atoms with Gasteiger partial charge in [0.1, 0.15) is 17.3 Å². The van der Waals surface area contributed by atoms with Crippen LogP contribution in [0.25, 0.3) is 0 Å². The maximum Gasteiger partial charge on any atom is 0.274 e. The van der Waals surface area contributed by atoms with Crippen LogP contribution in [0.15, 0.2) is 60.8 Å². The molecule has 0 spiro atoms. The fourth-order valence-electron chi connectivity index (χ4n) is 2.30. The standard InChI is InChI=1S/C19H15ClFN3O2/c1-26-18-6-5-14(10-16(18)20)23-15-7-8-22-17(11-15)19(25)24-13-4-2-3-12(21)9-13/h2-11H,1H3,(H,22,23)(H,24,25). The lowest BCUT2D eigenvalue weighted by Gasteiger charge is -2.10. The van der Waals surface area contributed by atoms with E-state index in [1.807, 2.05) is 0 Å². The van der Waals surface area contributed by atoms with Crippen molar-refractivity contribution in [1.82, 2.24) is 4.98 Å². The van der Waals surface area contributed by atoms with Gasteiger partial charge in [0.2, 0.25) is 0 Å². The average Bonchev–Trinajstić information content (AvgIpc) is 2.62. The molecule has 3 aromatic rings. The van der Waals surface area contributed by atoms with E-state index >= 15 is 0 Å². The fraction of sp³-hybridized carbons (Fsp3) is 0.0526. The molecule has 0 saturated carbocycles. The van der Waals surface area contributed by atoms with Gasteiger partial charge in [0.15, 0.2) is 0 Å². The van der Waals surface area contributed by atoms with Crippen LogP contribution in [0.3, 0.4) is 0 Å². The van der Waals surface area contributed by atoms with Gasteiger partial charge in [-0.25, -0.2) is 4.39 Å². The summed E-state index contributed by atoms with van der Waals surface area (Å²) < 4.78 is 18.3. The zero-order valence-corrected chi connectivity index (χ0v) is 14.5. The number of halogens is 2. The minimum atomic E-state index is -0.438. The van der Waals surface area contributed by atoms with Crippen molar-refractivity contribution in [3.05, 3.63) is 77.3 Å². The lowest BCUT2D eigenvalue weighted by Crippen LogP contribution is -2.13. The van der Waals surface area contributed by atoms with Crippen LogP contribution >= 0.6 is 11.6 Å². The van der Waals surface area contributed by atoms with Gasteiger partial charge in [0.05, 0.1) is 12.1 Å². The lowest BCUT2D eigenvalue weighted by atomic mass is 10.2. The van der Waals surface area contributed by atoms with Crippen molar-refractivity contribution >= 4 is 34.6 Å². The predicted molar refractivity (Wildman–Crippen MR) is 99.9 cm³/mol. The van der Waals surface area contributed by atoms with Gasteiger partial charge < -0.3 is 15.4 Å². The molecule has 7 heteroatoms. The minimum Gasteiger partial charge on any atom is -0.495 e. The summed E-state index contributed by atoms with van der Waals surface area (Å²) in [6.45, 7) is 0. The molecular formula is C19H15ClFN3O2. The lowest BCUT2D eigenvalue weighted by molar-refractivity contribution is 0.102. The maximum absolute atomic E-state index is 13.2. The van der Waals surface area contributed by atoms with Gasteiger partial charge in [-0.3, -0.25) is 9.78 Å². The maximum atomic E-state index is 13.2. The Morgan fingerprint density at radius 3 is 2.62 bits per heavy atom. The Morgan fingerprint density at radius 1 is 1.08 bits per heavy atom. The number of carbonyl (C=O) groups excluding carboxylic acids is 1. The first-order valence-corrected chi connectivity index (χ1v) is 8.06. The van der Waals surface area contributed by atoms with Crippen LogP contribution in [0.2, 0.25) is 5.02 Å². The number of nitrogens with one attached hydrogen (secondary N) is 2. The number of amides is 1. The normalized spacial score (nSPS) is 10.3. The number of carbonyl (C=O) groups is 1. The Bertz CT molecular complexity index is 950. The number of methoxy groups -OCH3 is 1. The van der Waals surface area contributed by atoms with Crippen LogP contribution in [0, 0.1) is 5.82 Å². The van der Waals surface area contributed by atoms with Crippen molar-refractivity contribution in [2.75, 3.05) is 17.7 Å². The molecule has 0 aliphatic heterocycles. The second-order valence-corrected chi connectivity index (χ2v) is 5.78. The van der Waals surface area contributed by atoms with Crippen molar-refractivity contribution in [2.24, 2.45) is 0 Å². The summed E-state index contributed by atoms with van der Waals surface area (Å²) >= 11 is 6.11. The molecule has 1 amide bonds. The third kappa shape index (κ3) is 4.29. The van der Waals surface area contributed by atoms with Crippen LogP contribution in [-0.2, 0) is 0 Å². The van der Waals surface area contributed by atoms with Gasteiger partial charge in [-0.15, -0.1) is 0 Å². The zero-order valence-electron chi connectivity index (χ0n) is 13.8. The van der Waals surface area contributed by atoms with Crippen molar-refractivity contribution in [1.29, 1.82) is 0 Å². The molecule has 0 saturated heterocycles. The second kappa shape index (κ2) is 7.84. The third-order valence-electron chi connectivity index (χ3n) is 3.52. The van der Waals surface area contributed by atoms with Gasteiger partial charge in [-0.2, -0.15) is 0 Å². The largest absolute Gasteiger partial charge is 0.495 e. The first-order valence-electron chi connectivity index (χ1n) is 7.69. The zero-order chi connectivity index (χ0) is 18.5. The Morgan fingerprint density at radius 2 is 1.88 bits per heavy atom. The summed E-state index contributed by atoms with van der Waals surface area (Å²) in [4.78, 5) is 16.4. The molecule has 26 heavy (non-hydrogen) atoms. The van der Waals surface area contributed by atoms with E-state index in [-0.39, 0.29) is 5.69 Å². The van der Waals surface area contributed by atoms with Crippen molar-refractivity contribution in [3.8, 4) is 5.75 Å². The van der Waals surface area contributed by atoms with Crippen LogP contribution in [0.4, 0.5) is 21.5 Å².